The Hall–Kier alpha value is -0.640. The Bertz CT molecular complexity index is 333. The van der Waals surface area contributed by atoms with Gasteiger partial charge in [-0.2, -0.15) is 0 Å². The molecule has 0 radical (unpaired) electrons. The summed E-state index contributed by atoms with van der Waals surface area (Å²) in [6.07, 6.45) is 1.25. The van der Waals surface area contributed by atoms with Crippen LogP contribution in [-0.4, -0.2) is 17.8 Å². The fourth-order valence-corrected chi connectivity index (χ4v) is 1.56. The molecule has 2 N–H and O–H groups in total. The van der Waals surface area contributed by atoms with Crippen molar-refractivity contribution in [2.45, 2.75) is 32.4 Å². The minimum Gasteiger partial charge on any atom is -0.393 e. The van der Waals surface area contributed by atoms with Crippen molar-refractivity contribution in [2.75, 3.05) is 6.54 Å². The molecule has 0 aliphatic rings. The first-order valence-electron chi connectivity index (χ1n) is 5.46. The second-order valence-electron chi connectivity index (χ2n) is 3.78. The predicted octanol–water partition coefficient (Wildman–Crippen LogP) is 2.73. The molecule has 2 nitrogen and oxygen atoms in total. The quantitative estimate of drug-likeness (QED) is 0.756. The van der Waals surface area contributed by atoms with Crippen molar-refractivity contribution < 1.29 is 9.50 Å². The number of rotatable bonds is 6. The van der Waals surface area contributed by atoms with E-state index in [0.29, 0.717) is 6.54 Å². The number of halogens is 2. The van der Waals surface area contributed by atoms with Gasteiger partial charge in [0.2, 0.25) is 0 Å². The van der Waals surface area contributed by atoms with Gasteiger partial charge in [0, 0.05) is 6.54 Å². The molecule has 0 aliphatic heterocycles. The summed E-state index contributed by atoms with van der Waals surface area (Å²) in [5.41, 5.74) is 0.942. The van der Waals surface area contributed by atoms with Crippen LogP contribution in [0, 0.1) is 5.82 Å². The highest BCUT2D eigenvalue weighted by Crippen LogP contribution is 2.15. The highest BCUT2D eigenvalue weighted by molar-refractivity contribution is 6.30. The average Bonchev–Trinajstić information content (AvgIpc) is 2.28. The van der Waals surface area contributed by atoms with Crippen molar-refractivity contribution in [3.63, 3.8) is 0 Å². The van der Waals surface area contributed by atoms with E-state index in [4.69, 9.17) is 11.6 Å². The molecule has 90 valence electrons. The second kappa shape index (κ2) is 6.84. The Morgan fingerprint density at radius 3 is 2.88 bits per heavy atom. The van der Waals surface area contributed by atoms with Gasteiger partial charge in [-0.1, -0.05) is 24.6 Å². The van der Waals surface area contributed by atoms with Crippen molar-refractivity contribution in [1.29, 1.82) is 0 Å². The largest absolute Gasteiger partial charge is 0.393 e. The normalized spacial score (nSPS) is 12.8. The fourth-order valence-electron chi connectivity index (χ4n) is 1.36. The Balaban J connectivity index is 2.29. The van der Waals surface area contributed by atoms with E-state index in [0.717, 1.165) is 24.9 Å². The van der Waals surface area contributed by atoms with Gasteiger partial charge in [-0.3, -0.25) is 0 Å². The van der Waals surface area contributed by atoms with Crippen molar-refractivity contribution in [3.05, 3.63) is 34.6 Å². The van der Waals surface area contributed by atoms with Gasteiger partial charge in [0.15, 0.2) is 0 Å². The standard InChI is InChI=1S/C12H17ClFNO/c1-2-10(16)5-6-15-8-9-3-4-12(14)11(13)7-9/h3-4,7,10,15-16H,2,5-6,8H2,1H3. The van der Waals surface area contributed by atoms with Gasteiger partial charge in [-0.15, -0.1) is 0 Å². The van der Waals surface area contributed by atoms with Gasteiger partial charge in [0.1, 0.15) is 5.82 Å². The lowest BCUT2D eigenvalue weighted by atomic mass is 10.2. The summed E-state index contributed by atoms with van der Waals surface area (Å²) in [7, 11) is 0. The van der Waals surface area contributed by atoms with Gasteiger partial charge in [0.25, 0.3) is 0 Å². The summed E-state index contributed by atoms with van der Waals surface area (Å²) in [5.74, 6) is -0.396. The second-order valence-corrected chi connectivity index (χ2v) is 4.18. The molecular formula is C12H17ClFNO. The molecule has 1 aromatic carbocycles. The first-order valence-corrected chi connectivity index (χ1v) is 5.84. The molecule has 1 rings (SSSR count). The number of aliphatic hydroxyl groups is 1. The molecule has 1 atom stereocenters. The van der Waals surface area contributed by atoms with Crippen LogP contribution in [0.3, 0.4) is 0 Å². The van der Waals surface area contributed by atoms with Crippen LogP contribution in [0.1, 0.15) is 25.3 Å². The molecule has 1 aromatic rings. The molecule has 0 saturated heterocycles. The third kappa shape index (κ3) is 4.47. The van der Waals surface area contributed by atoms with Crippen molar-refractivity contribution >= 4 is 11.6 Å². The molecule has 0 spiro atoms. The average molecular weight is 246 g/mol. The Kier molecular flexibility index (Phi) is 5.74. The number of benzene rings is 1. The summed E-state index contributed by atoms with van der Waals surface area (Å²) < 4.78 is 12.9. The van der Waals surface area contributed by atoms with Gasteiger partial charge < -0.3 is 10.4 Å². The smallest absolute Gasteiger partial charge is 0.141 e. The maximum atomic E-state index is 12.9. The van der Waals surface area contributed by atoms with Crippen LogP contribution in [0.4, 0.5) is 4.39 Å². The molecule has 4 heteroatoms. The van der Waals surface area contributed by atoms with Crippen LogP contribution >= 0.6 is 11.6 Å². The lowest BCUT2D eigenvalue weighted by Gasteiger charge is -2.09. The number of hydrogen-bond acceptors (Lipinski definition) is 2. The third-order valence-corrected chi connectivity index (χ3v) is 2.73. The zero-order chi connectivity index (χ0) is 12.0. The van der Waals surface area contributed by atoms with E-state index in [1.165, 1.54) is 6.07 Å². The molecular weight excluding hydrogens is 229 g/mol. The van der Waals surface area contributed by atoms with Crippen molar-refractivity contribution in [3.8, 4) is 0 Å². The van der Waals surface area contributed by atoms with E-state index in [2.05, 4.69) is 5.32 Å². The topological polar surface area (TPSA) is 32.3 Å². The molecule has 0 fully saturated rings. The predicted molar refractivity (Wildman–Crippen MR) is 64.0 cm³/mol. The van der Waals surface area contributed by atoms with E-state index in [1.54, 1.807) is 12.1 Å². The summed E-state index contributed by atoms with van der Waals surface area (Å²) >= 11 is 5.66. The van der Waals surface area contributed by atoms with Gasteiger partial charge in [-0.25, -0.2) is 4.39 Å². The monoisotopic (exact) mass is 245 g/mol. The minimum absolute atomic E-state index is 0.146. The highest BCUT2D eigenvalue weighted by Gasteiger charge is 2.02. The molecule has 0 bridgehead atoms. The molecule has 1 unspecified atom stereocenters. The van der Waals surface area contributed by atoms with Crippen LogP contribution < -0.4 is 5.32 Å². The van der Waals surface area contributed by atoms with E-state index >= 15 is 0 Å². The van der Waals surface area contributed by atoms with E-state index < -0.39 is 5.82 Å². The van der Waals surface area contributed by atoms with Gasteiger partial charge >= 0.3 is 0 Å². The summed E-state index contributed by atoms with van der Waals surface area (Å²) in [4.78, 5) is 0. The molecule has 16 heavy (non-hydrogen) atoms. The summed E-state index contributed by atoms with van der Waals surface area (Å²) in [5, 5.41) is 12.6. The van der Waals surface area contributed by atoms with E-state index in [1.807, 2.05) is 6.92 Å². The molecule has 0 aliphatic carbocycles. The number of hydrogen-bond donors (Lipinski definition) is 2. The molecule has 0 aromatic heterocycles. The first kappa shape index (κ1) is 13.4. The lowest BCUT2D eigenvalue weighted by Crippen LogP contribution is -2.19. The fraction of sp³-hybridized carbons (Fsp3) is 0.500. The van der Waals surface area contributed by atoms with Crippen LogP contribution in [0.15, 0.2) is 18.2 Å². The molecule has 0 amide bonds. The number of nitrogens with one attached hydrogen (secondary N) is 1. The van der Waals surface area contributed by atoms with Crippen LogP contribution in [0.25, 0.3) is 0 Å². The van der Waals surface area contributed by atoms with Crippen molar-refractivity contribution in [1.82, 2.24) is 5.32 Å². The zero-order valence-corrected chi connectivity index (χ0v) is 10.1. The maximum Gasteiger partial charge on any atom is 0.141 e. The van der Waals surface area contributed by atoms with Crippen LogP contribution in [0.5, 0.6) is 0 Å². The van der Waals surface area contributed by atoms with Gasteiger partial charge in [-0.05, 0) is 37.1 Å². The minimum atomic E-state index is -0.396. The van der Waals surface area contributed by atoms with E-state index in [-0.39, 0.29) is 11.1 Å². The Morgan fingerprint density at radius 2 is 2.25 bits per heavy atom. The SMILES string of the molecule is CCC(O)CCNCc1ccc(F)c(Cl)c1. The third-order valence-electron chi connectivity index (χ3n) is 2.44. The van der Waals surface area contributed by atoms with Crippen molar-refractivity contribution in [2.24, 2.45) is 0 Å². The molecule has 0 saturated carbocycles. The van der Waals surface area contributed by atoms with Crippen LogP contribution in [-0.2, 0) is 6.54 Å². The lowest BCUT2D eigenvalue weighted by molar-refractivity contribution is 0.159. The summed E-state index contributed by atoms with van der Waals surface area (Å²) in [6, 6.07) is 4.67. The van der Waals surface area contributed by atoms with E-state index in [9.17, 15) is 9.50 Å². The van der Waals surface area contributed by atoms with Crippen LogP contribution in [0.2, 0.25) is 5.02 Å². The molecule has 0 heterocycles. The zero-order valence-electron chi connectivity index (χ0n) is 9.34. The number of aliphatic hydroxyl groups excluding tert-OH is 1. The highest BCUT2D eigenvalue weighted by atomic mass is 35.5. The Labute approximate surface area is 100 Å². The summed E-state index contributed by atoms with van der Waals surface area (Å²) in [6.45, 7) is 3.32. The Morgan fingerprint density at radius 1 is 1.50 bits per heavy atom. The maximum absolute atomic E-state index is 12.9. The van der Waals surface area contributed by atoms with Gasteiger partial charge in [0.05, 0.1) is 11.1 Å². The first-order chi connectivity index (χ1) is 7.63.